The van der Waals surface area contributed by atoms with Gasteiger partial charge in [0.1, 0.15) is 0 Å². The van der Waals surface area contributed by atoms with Crippen molar-refractivity contribution in [3.63, 3.8) is 0 Å². The Morgan fingerprint density at radius 2 is 2.21 bits per heavy atom. The Bertz CT molecular complexity index is 599. The van der Waals surface area contributed by atoms with E-state index in [9.17, 15) is 4.79 Å². The summed E-state index contributed by atoms with van der Waals surface area (Å²) in [5.74, 6) is 0.698. The lowest BCUT2D eigenvalue weighted by Gasteiger charge is -2.05. The Kier molecular flexibility index (Phi) is 3.07. The summed E-state index contributed by atoms with van der Waals surface area (Å²) >= 11 is 0. The molecule has 1 aliphatic rings. The van der Waals surface area contributed by atoms with Gasteiger partial charge in [-0.05, 0) is 37.3 Å². The molecule has 4 heteroatoms. The van der Waals surface area contributed by atoms with Crippen molar-refractivity contribution in [3.8, 4) is 0 Å². The van der Waals surface area contributed by atoms with Gasteiger partial charge in [-0.1, -0.05) is 18.2 Å². The van der Waals surface area contributed by atoms with Crippen LogP contribution in [0, 0.1) is 12.8 Å². The van der Waals surface area contributed by atoms with Gasteiger partial charge in [0.25, 0.3) is 5.91 Å². The number of anilines is 1. The van der Waals surface area contributed by atoms with Crippen LogP contribution < -0.4 is 5.32 Å². The highest BCUT2D eigenvalue weighted by Gasteiger charge is 2.22. The van der Waals surface area contributed by atoms with Gasteiger partial charge in [0.2, 0.25) is 0 Å². The highest BCUT2D eigenvalue weighted by atomic mass is 16.1. The Morgan fingerprint density at radius 3 is 2.95 bits per heavy atom. The summed E-state index contributed by atoms with van der Waals surface area (Å²) in [7, 11) is 0. The van der Waals surface area contributed by atoms with Crippen LogP contribution in [0.2, 0.25) is 0 Å². The molecule has 1 aromatic heterocycles. The Balaban J connectivity index is 1.68. The third-order valence-electron chi connectivity index (χ3n) is 3.42. The van der Waals surface area contributed by atoms with E-state index in [1.807, 2.05) is 42.1 Å². The van der Waals surface area contributed by atoms with E-state index in [0.29, 0.717) is 5.56 Å². The van der Waals surface area contributed by atoms with E-state index < -0.39 is 0 Å². The zero-order chi connectivity index (χ0) is 13.2. The second kappa shape index (κ2) is 4.88. The molecule has 4 nitrogen and oxygen atoms in total. The normalized spacial score (nSPS) is 14.4. The predicted octanol–water partition coefficient (Wildman–Crippen LogP) is 2.85. The minimum atomic E-state index is -0.0796. The molecule has 1 aliphatic carbocycles. The Labute approximate surface area is 112 Å². The van der Waals surface area contributed by atoms with E-state index in [4.69, 9.17) is 0 Å². The number of amides is 1. The summed E-state index contributed by atoms with van der Waals surface area (Å²) in [6.45, 7) is 2.89. The van der Waals surface area contributed by atoms with Gasteiger partial charge < -0.3 is 5.32 Å². The van der Waals surface area contributed by atoms with Crippen LogP contribution in [0.5, 0.6) is 0 Å². The Morgan fingerprint density at radius 1 is 1.42 bits per heavy atom. The summed E-state index contributed by atoms with van der Waals surface area (Å²) in [5.41, 5.74) is 2.44. The highest BCUT2D eigenvalue weighted by Crippen LogP contribution is 2.30. The van der Waals surface area contributed by atoms with Crippen LogP contribution in [-0.2, 0) is 6.54 Å². The summed E-state index contributed by atoms with van der Waals surface area (Å²) in [5, 5.41) is 7.16. The summed E-state index contributed by atoms with van der Waals surface area (Å²) in [6.07, 6.45) is 6.20. The zero-order valence-corrected chi connectivity index (χ0v) is 11.0. The molecule has 98 valence electrons. The molecule has 0 unspecified atom stereocenters. The van der Waals surface area contributed by atoms with Crippen molar-refractivity contribution in [1.82, 2.24) is 9.78 Å². The minimum Gasteiger partial charge on any atom is -0.319 e. The van der Waals surface area contributed by atoms with Gasteiger partial charge in [0.15, 0.2) is 0 Å². The van der Waals surface area contributed by atoms with Gasteiger partial charge in [-0.3, -0.25) is 9.48 Å². The van der Waals surface area contributed by atoms with Crippen LogP contribution >= 0.6 is 0 Å². The quantitative estimate of drug-likeness (QED) is 0.913. The number of hydrogen-bond acceptors (Lipinski definition) is 2. The van der Waals surface area contributed by atoms with Crippen molar-refractivity contribution < 1.29 is 4.79 Å². The summed E-state index contributed by atoms with van der Waals surface area (Å²) in [6, 6.07) is 7.57. The third-order valence-corrected chi connectivity index (χ3v) is 3.42. The molecular formula is C15H17N3O. The van der Waals surface area contributed by atoms with Crippen LogP contribution in [0.4, 0.5) is 5.69 Å². The van der Waals surface area contributed by atoms with Crippen molar-refractivity contribution >= 4 is 11.6 Å². The maximum absolute atomic E-state index is 12.1. The third kappa shape index (κ3) is 2.84. The van der Waals surface area contributed by atoms with Crippen LogP contribution in [0.3, 0.4) is 0 Å². The first kappa shape index (κ1) is 12.0. The lowest BCUT2D eigenvalue weighted by molar-refractivity contribution is 0.102. The molecule has 0 saturated heterocycles. The number of benzene rings is 1. The van der Waals surface area contributed by atoms with Gasteiger partial charge in [-0.25, -0.2) is 0 Å². The first-order chi connectivity index (χ1) is 9.22. The molecule has 0 aliphatic heterocycles. The predicted molar refractivity (Wildman–Crippen MR) is 74.1 cm³/mol. The number of aromatic nitrogens is 2. The molecule has 1 fully saturated rings. The van der Waals surface area contributed by atoms with Crippen molar-refractivity contribution in [2.45, 2.75) is 26.3 Å². The molecule has 0 atom stereocenters. The second-order valence-corrected chi connectivity index (χ2v) is 5.16. The van der Waals surface area contributed by atoms with Gasteiger partial charge in [-0.15, -0.1) is 0 Å². The lowest BCUT2D eigenvalue weighted by Crippen LogP contribution is -2.12. The SMILES string of the molecule is Cc1ccccc1C(=O)Nc1cnn(CC2CC2)c1. The topological polar surface area (TPSA) is 46.9 Å². The second-order valence-electron chi connectivity index (χ2n) is 5.16. The molecule has 1 amide bonds. The van der Waals surface area contributed by atoms with Gasteiger partial charge in [-0.2, -0.15) is 5.10 Å². The van der Waals surface area contributed by atoms with Crippen LogP contribution in [0.25, 0.3) is 0 Å². The standard InChI is InChI=1S/C15H17N3O/c1-11-4-2-3-5-14(11)15(19)17-13-8-16-18(10-13)9-12-6-7-12/h2-5,8,10,12H,6-7,9H2,1H3,(H,17,19). The van der Waals surface area contributed by atoms with Crippen molar-refractivity contribution in [1.29, 1.82) is 0 Å². The number of hydrogen-bond donors (Lipinski definition) is 1. The number of carbonyl (C=O) groups is 1. The highest BCUT2D eigenvalue weighted by molar-refractivity contribution is 6.05. The molecule has 1 aromatic carbocycles. The fourth-order valence-corrected chi connectivity index (χ4v) is 2.12. The van der Waals surface area contributed by atoms with Crippen LogP contribution in [-0.4, -0.2) is 15.7 Å². The summed E-state index contributed by atoms with van der Waals surface area (Å²) < 4.78 is 1.91. The lowest BCUT2D eigenvalue weighted by atomic mass is 10.1. The largest absolute Gasteiger partial charge is 0.319 e. The van der Waals surface area contributed by atoms with E-state index in [-0.39, 0.29) is 5.91 Å². The number of nitrogens with one attached hydrogen (secondary N) is 1. The molecule has 3 rings (SSSR count). The molecule has 1 saturated carbocycles. The molecule has 1 N–H and O–H groups in total. The molecule has 0 spiro atoms. The van der Waals surface area contributed by atoms with Gasteiger partial charge in [0, 0.05) is 18.3 Å². The molecule has 19 heavy (non-hydrogen) atoms. The average molecular weight is 255 g/mol. The van der Waals surface area contributed by atoms with E-state index >= 15 is 0 Å². The molecule has 2 aromatic rings. The maximum atomic E-state index is 12.1. The first-order valence-electron chi connectivity index (χ1n) is 6.62. The van der Waals surface area contributed by atoms with Crippen molar-refractivity contribution in [2.24, 2.45) is 5.92 Å². The van der Waals surface area contributed by atoms with E-state index in [2.05, 4.69) is 10.4 Å². The van der Waals surface area contributed by atoms with E-state index in [1.54, 1.807) is 6.20 Å². The smallest absolute Gasteiger partial charge is 0.256 e. The monoisotopic (exact) mass is 255 g/mol. The van der Waals surface area contributed by atoms with E-state index in [0.717, 1.165) is 23.7 Å². The fraction of sp³-hybridized carbons (Fsp3) is 0.333. The molecule has 0 bridgehead atoms. The number of carbonyl (C=O) groups excluding carboxylic acids is 1. The Hall–Kier alpha value is -2.10. The maximum Gasteiger partial charge on any atom is 0.256 e. The first-order valence-corrected chi connectivity index (χ1v) is 6.62. The average Bonchev–Trinajstić information content (AvgIpc) is 3.09. The van der Waals surface area contributed by atoms with Crippen molar-refractivity contribution in [3.05, 3.63) is 47.8 Å². The van der Waals surface area contributed by atoms with Crippen molar-refractivity contribution in [2.75, 3.05) is 5.32 Å². The number of aryl methyl sites for hydroxylation is 1. The number of nitrogens with zero attached hydrogens (tertiary/aromatic N) is 2. The number of rotatable bonds is 4. The van der Waals surface area contributed by atoms with Gasteiger partial charge >= 0.3 is 0 Å². The fourth-order valence-electron chi connectivity index (χ4n) is 2.12. The molecular weight excluding hydrogens is 238 g/mol. The van der Waals surface area contributed by atoms with Crippen LogP contribution in [0.1, 0.15) is 28.8 Å². The molecule has 0 radical (unpaired) electrons. The zero-order valence-electron chi connectivity index (χ0n) is 11.0. The molecule has 1 heterocycles. The minimum absolute atomic E-state index is 0.0796. The summed E-state index contributed by atoms with van der Waals surface area (Å²) in [4.78, 5) is 12.1. The van der Waals surface area contributed by atoms with Gasteiger partial charge in [0.05, 0.1) is 11.9 Å². The van der Waals surface area contributed by atoms with E-state index in [1.165, 1.54) is 12.8 Å². The van der Waals surface area contributed by atoms with Crippen LogP contribution in [0.15, 0.2) is 36.7 Å².